The van der Waals surface area contributed by atoms with Gasteiger partial charge in [-0.3, -0.25) is 0 Å². The lowest BCUT2D eigenvalue weighted by Gasteiger charge is -2.53. The zero-order valence-electron chi connectivity index (χ0n) is 15.6. The molecule has 0 aliphatic heterocycles. The number of rotatable bonds is 4. The Kier molecular flexibility index (Phi) is 4.59. The minimum atomic E-state index is 0.0281. The quantitative estimate of drug-likeness (QED) is 0.678. The molecule has 0 spiro atoms. The smallest absolute Gasteiger partial charge is 0.0614 e. The lowest BCUT2D eigenvalue weighted by atomic mass is 9.52. The van der Waals surface area contributed by atoms with Gasteiger partial charge in [0.25, 0.3) is 0 Å². The highest BCUT2D eigenvalue weighted by Gasteiger charge is 2.47. The largest absolute Gasteiger partial charge is 0.392 e. The molecule has 4 atom stereocenters. The van der Waals surface area contributed by atoms with Crippen LogP contribution in [0.1, 0.15) is 74.5 Å². The van der Waals surface area contributed by atoms with Crippen LogP contribution in [0.4, 0.5) is 0 Å². The number of hydrogen-bond acceptors (Lipinski definition) is 1. The minimum Gasteiger partial charge on any atom is -0.392 e. The fourth-order valence-corrected chi connectivity index (χ4v) is 4.48. The number of aliphatic hydroxyl groups is 1. The van der Waals surface area contributed by atoms with Gasteiger partial charge in [-0.15, -0.1) is 0 Å². The molecule has 0 heterocycles. The average molecular weight is 291 g/mol. The molecule has 0 aromatic carbocycles. The van der Waals surface area contributed by atoms with Crippen molar-refractivity contribution in [2.45, 2.75) is 73.1 Å². The van der Waals surface area contributed by atoms with Crippen molar-refractivity contribution in [1.29, 1.82) is 0 Å². The summed E-state index contributed by atoms with van der Waals surface area (Å²) in [5.41, 5.74) is 3.22. The predicted octanol–water partition coefficient (Wildman–Crippen LogP) is 5.50. The first-order valence-corrected chi connectivity index (χ1v) is 8.62. The van der Waals surface area contributed by atoms with Crippen molar-refractivity contribution in [2.75, 3.05) is 6.61 Å². The molecule has 0 unspecified atom stereocenters. The van der Waals surface area contributed by atoms with E-state index in [0.717, 1.165) is 19.3 Å². The monoisotopic (exact) mass is 291 g/mol. The fourth-order valence-electron chi connectivity index (χ4n) is 4.48. The van der Waals surface area contributed by atoms with E-state index >= 15 is 0 Å². The molecular weight excluding hydrogens is 256 g/mol. The maximum atomic E-state index is 9.07. The maximum absolute atomic E-state index is 9.07. The Morgan fingerprint density at radius 1 is 1.48 bits per heavy atom. The second-order valence-electron chi connectivity index (χ2n) is 8.09. The third-order valence-electron chi connectivity index (χ3n) is 6.34. The summed E-state index contributed by atoms with van der Waals surface area (Å²) in [6.07, 6.45) is 10.1. The van der Waals surface area contributed by atoms with Gasteiger partial charge in [0.2, 0.25) is 0 Å². The highest BCUT2D eigenvalue weighted by atomic mass is 16.2. The molecule has 0 aromatic rings. The van der Waals surface area contributed by atoms with Crippen LogP contribution in [0.2, 0.25) is 0 Å². The Bertz CT molecular complexity index is 462. The molecule has 0 aromatic heterocycles. The van der Waals surface area contributed by atoms with Crippen molar-refractivity contribution in [3.8, 4) is 0 Å². The van der Waals surface area contributed by atoms with Crippen LogP contribution in [0.15, 0.2) is 23.3 Å². The molecule has 21 heavy (non-hydrogen) atoms. The van der Waals surface area contributed by atoms with Crippen molar-refractivity contribution in [3.05, 3.63) is 23.3 Å². The first kappa shape index (κ1) is 15.3. The normalized spacial score (nSPS) is 40.3. The number of hydrogen-bond donors (Lipinski definition) is 1. The van der Waals surface area contributed by atoms with Gasteiger partial charge in [0.05, 0.1) is 6.61 Å². The highest BCUT2D eigenvalue weighted by molar-refractivity contribution is 5.25. The van der Waals surface area contributed by atoms with E-state index in [0.29, 0.717) is 17.3 Å². The molecular formula is C20H34O. The van der Waals surface area contributed by atoms with Crippen LogP contribution in [-0.4, -0.2) is 11.7 Å². The van der Waals surface area contributed by atoms with Gasteiger partial charge in [-0.05, 0) is 61.7 Å². The zero-order valence-corrected chi connectivity index (χ0v) is 14.6. The van der Waals surface area contributed by atoms with E-state index in [-0.39, 0.29) is 18.4 Å². The van der Waals surface area contributed by atoms with Crippen LogP contribution in [-0.2, 0) is 0 Å². The van der Waals surface area contributed by atoms with Crippen molar-refractivity contribution in [3.63, 3.8) is 0 Å². The molecule has 0 radical (unpaired) electrons. The second kappa shape index (κ2) is 6.28. The minimum absolute atomic E-state index is 0.0281. The number of aliphatic hydroxyl groups excluding tert-OH is 1. The summed E-state index contributed by atoms with van der Waals surface area (Å²) in [5, 5.41) is 9.07. The van der Waals surface area contributed by atoms with Gasteiger partial charge >= 0.3 is 0 Å². The highest BCUT2D eigenvalue weighted by Crippen LogP contribution is 2.58. The molecule has 1 fully saturated rings. The SMILES string of the molecule is [2H][C@@H]1CC[C@@H]2C(=CC[C@H](C)[C@@]2(C)CC/C(C)=C/CO)C1(C)C. The molecule has 1 saturated carbocycles. The predicted molar refractivity (Wildman–Crippen MR) is 91.2 cm³/mol. The van der Waals surface area contributed by atoms with Crippen molar-refractivity contribution < 1.29 is 6.48 Å². The summed E-state index contributed by atoms with van der Waals surface area (Å²) in [7, 11) is 0. The third kappa shape index (κ3) is 3.28. The Morgan fingerprint density at radius 3 is 2.86 bits per heavy atom. The molecule has 0 bridgehead atoms. The van der Waals surface area contributed by atoms with Gasteiger partial charge in [-0.2, -0.15) is 0 Å². The second-order valence-corrected chi connectivity index (χ2v) is 8.09. The number of allylic oxidation sites excluding steroid dienone is 3. The summed E-state index contributed by atoms with van der Waals surface area (Å²) in [6.45, 7) is 11.7. The van der Waals surface area contributed by atoms with E-state index in [1.807, 2.05) is 6.08 Å². The van der Waals surface area contributed by atoms with Gasteiger partial charge in [0.15, 0.2) is 0 Å². The van der Waals surface area contributed by atoms with Gasteiger partial charge in [0.1, 0.15) is 0 Å². The van der Waals surface area contributed by atoms with Crippen LogP contribution >= 0.6 is 0 Å². The van der Waals surface area contributed by atoms with Gasteiger partial charge in [-0.25, -0.2) is 0 Å². The van der Waals surface area contributed by atoms with E-state index in [1.165, 1.54) is 18.4 Å². The van der Waals surface area contributed by atoms with E-state index in [9.17, 15) is 0 Å². The van der Waals surface area contributed by atoms with Gasteiger partial charge < -0.3 is 5.11 Å². The molecule has 1 nitrogen and oxygen atoms in total. The third-order valence-corrected chi connectivity index (χ3v) is 6.34. The Hall–Kier alpha value is -0.560. The average Bonchev–Trinajstić information content (AvgIpc) is 2.45. The first-order chi connectivity index (χ1) is 10.2. The molecule has 120 valence electrons. The van der Waals surface area contributed by atoms with Gasteiger partial charge in [0, 0.05) is 1.37 Å². The van der Waals surface area contributed by atoms with Crippen molar-refractivity contribution in [2.24, 2.45) is 22.7 Å². The van der Waals surface area contributed by atoms with Crippen LogP contribution in [0.25, 0.3) is 0 Å². The Balaban J connectivity index is 2.24. The van der Waals surface area contributed by atoms with E-state index in [4.69, 9.17) is 6.48 Å². The fraction of sp³-hybridized carbons (Fsp3) is 0.800. The maximum Gasteiger partial charge on any atom is 0.0614 e. The molecule has 0 saturated heterocycles. The van der Waals surface area contributed by atoms with Crippen LogP contribution in [0.5, 0.6) is 0 Å². The van der Waals surface area contributed by atoms with Crippen LogP contribution < -0.4 is 0 Å². The van der Waals surface area contributed by atoms with E-state index < -0.39 is 0 Å². The molecule has 2 aliphatic rings. The Morgan fingerprint density at radius 2 is 2.19 bits per heavy atom. The molecule has 2 rings (SSSR count). The summed E-state index contributed by atoms with van der Waals surface area (Å²) in [4.78, 5) is 0. The number of fused-ring (bicyclic) bond motifs is 1. The standard InChI is InChI=1S/C20H34O/c1-15(11-14-21)10-13-20(5)16(2)8-9-17-18(20)7-6-12-19(17,3)4/h9,11,16,18,21H,6-8,10,12-14H2,1-5H3/b15-11+/t16-,18+,20+/m0/s1/i12D/t12-,16+,18-,20-/m1. The van der Waals surface area contributed by atoms with E-state index in [1.54, 1.807) is 5.57 Å². The van der Waals surface area contributed by atoms with E-state index in [2.05, 4.69) is 40.7 Å². The molecule has 2 aliphatic carbocycles. The molecule has 0 amide bonds. The molecule has 1 heteroatoms. The van der Waals surface area contributed by atoms with Crippen molar-refractivity contribution >= 4 is 0 Å². The van der Waals surface area contributed by atoms with Crippen molar-refractivity contribution in [1.82, 2.24) is 0 Å². The summed E-state index contributed by atoms with van der Waals surface area (Å²) >= 11 is 0. The van der Waals surface area contributed by atoms with Gasteiger partial charge in [-0.1, -0.05) is 57.4 Å². The summed E-state index contributed by atoms with van der Waals surface area (Å²) in [5.74, 6) is 1.33. The zero-order chi connectivity index (χ0) is 16.5. The summed E-state index contributed by atoms with van der Waals surface area (Å²) in [6, 6.07) is 0. The topological polar surface area (TPSA) is 20.2 Å². The summed E-state index contributed by atoms with van der Waals surface area (Å²) < 4.78 is 8.42. The van der Waals surface area contributed by atoms with Crippen LogP contribution in [0, 0.1) is 22.7 Å². The van der Waals surface area contributed by atoms with Crippen LogP contribution in [0.3, 0.4) is 0 Å². The Labute approximate surface area is 132 Å². The lowest BCUT2D eigenvalue weighted by Crippen LogP contribution is -2.43. The molecule has 1 N–H and O–H groups in total. The first-order valence-electron chi connectivity index (χ1n) is 9.20. The lowest BCUT2D eigenvalue weighted by molar-refractivity contribution is 0.0583.